The van der Waals surface area contributed by atoms with Gasteiger partial charge < -0.3 is 0 Å². The van der Waals surface area contributed by atoms with Crippen LogP contribution in [0.2, 0.25) is 0 Å². The Hall–Kier alpha value is 0.440. The Bertz CT molecular complexity index is 372. The van der Waals surface area contributed by atoms with Crippen molar-refractivity contribution < 1.29 is 109 Å². The third kappa shape index (κ3) is 7.06. The molecule has 23 heavy (non-hydrogen) atoms. The molecule has 0 rings (SSSR count). The summed E-state index contributed by atoms with van der Waals surface area (Å²) in [6, 6.07) is 0. The van der Waals surface area contributed by atoms with Gasteiger partial charge in [0.2, 0.25) is 0 Å². The van der Waals surface area contributed by atoms with E-state index < -0.39 is 70.9 Å². The molecule has 0 aliphatic carbocycles. The Labute approximate surface area is 137 Å². The van der Waals surface area contributed by atoms with Crippen molar-refractivity contribution in [1.82, 2.24) is 0 Å². The molecule has 0 atom stereocenters. The third-order valence-corrected chi connectivity index (χ3v) is 5.20. The SMILES string of the molecule is FC(F)(F)[I-]C(F)(F)C(F)(F)OC(F)(F)C(F)(F)[I-]C(F)(F)F. The average molecular weight is 608 g/mol. The number of ether oxygens (including phenoxy) is 1. The summed E-state index contributed by atoms with van der Waals surface area (Å²) in [6.07, 6.45) is -13.5. The molecule has 0 unspecified atom stereocenters. The van der Waals surface area contributed by atoms with Crippen LogP contribution >= 0.6 is 0 Å². The molecule has 0 bridgehead atoms. The minimum absolute atomic E-state index is 1.74. The van der Waals surface area contributed by atoms with E-state index in [4.69, 9.17) is 0 Å². The van der Waals surface area contributed by atoms with E-state index in [1.54, 1.807) is 4.74 Å². The molecule has 0 N–H and O–H groups in total. The topological polar surface area (TPSA) is 9.23 Å². The van der Waals surface area contributed by atoms with Crippen molar-refractivity contribution in [3.8, 4) is 0 Å². The minimum atomic E-state index is -6.77. The van der Waals surface area contributed by atoms with Crippen LogP contribution in [0.25, 0.3) is 0 Å². The molecule has 0 saturated heterocycles. The first-order chi connectivity index (χ1) is 9.62. The predicted molar refractivity (Wildman–Crippen MR) is 33.0 cm³/mol. The normalized spacial score (nSPS) is 16.3. The monoisotopic (exact) mass is 608 g/mol. The Morgan fingerprint density at radius 1 is 0.435 bits per heavy atom. The van der Waals surface area contributed by atoms with Crippen molar-refractivity contribution in [3.05, 3.63) is 0 Å². The van der Waals surface area contributed by atoms with Gasteiger partial charge in [0, 0.05) is 0 Å². The summed E-state index contributed by atoms with van der Waals surface area (Å²) in [5.74, 6) is 0. The number of rotatable bonds is 6. The number of hydrogen-bond donors (Lipinski definition) is 0. The second kappa shape index (κ2) is 6.63. The molecule has 0 saturated carbocycles. The van der Waals surface area contributed by atoms with Crippen molar-refractivity contribution in [2.45, 2.75) is 28.4 Å². The maximum atomic E-state index is 12.7. The summed E-state index contributed by atoms with van der Waals surface area (Å²) in [5, 5.41) is 0. The van der Waals surface area contributed by atoms with E-state index in [-0.39, 0.29) is 0 Å². The molecule has 0 aliphatic rings. The Kier molecular flexibility index (Phi) is 6.76. The molecular formula is C6F14I2O-2. The van der Waals surface area contributed by atoms with Gasteiger partial charge in [0.25, 0.3) is 0 Å². The van der Waals surface area contributed by atoms with Crippen LogP contribution in [0.15, 0.2) is 0 Å². The van der Waals surface area contributed by atoms with E-state index in [1.165, 1.54) is 0 Å². The summed E-state index contributed by atoms with van der Waals surface area (Å²) in [7, 11) is 0. The fraction of sp³-hybridized carbons (Fsp3) is 1.00. The van der Waals surface area contributed by atoms with E-state index in [9.17, 15) is 61.5 Å². The van der Waals surface area contributed by atoms with Gasteiger partial charge in [-0.25, -0.2) is 0 Å². The van der Waals surface area contributed by atoms with Crippen LogP contribution in [0.4, 0.5) is 61.5 Å². The van der Waals surface area contributed by atoms with Crippen LogP contribution in [0.3, 0.4) is 0 Å². The first-order valence-electron chi connectivity index (χ1n) is 4.31. The zero-order valence-corrected chi connectivity index (χ0v) is 13.8. The molecule has 0 aromatic heterocycles. The molecule has 0 aromatic carbocycles. The Morgan fingerprint density at radius 2 is 0.652 bits per heavy atom. The van der Waals surface area contributed by atoms with E-state index in [1.807, 2.05) is 0 Å². The van der Waals surface area contributed by atoms with E-state index in [0.717, 1.165) is 0 Å². The predicted octanol–water partition coefficient (Wildman–Crippen LogP) is -1.41. The van der Waals surface area contributed by atoms with Crippen LogP contribution in [0.5, 0.6) is 0 Å². The Morgan fingerprint density at radius 3 is 0.826 bits per heavy atom. The molecule has 0 radical (unpaired) electrons. The quantitative estimate of drug-likeness (QED) is 0.205. The summed E-state index contributed by atoms with van der Waals surface area (Å²) in [4.78, 5) is 0. The molecule has 0 spiro atoms. The van der Waals surface area contributed by atoms with Crippen LogP contribution in [-0.2, 0) is 4.74 Å². The molecule has 0 heterocycles. The van der Waals surface area contributed by atoms with Gasteiger partial charge in [-0.2, -0.15) is 0 Å². The molecule has 0 aliphatic heterocycles. The molecule has 144 valence electrons. The summed E-state index contributed by atoms with van der Waals surface area (Å²) < 4.78 is 148. The van der Waals surface area contributed by atoms with Crippen LogP contribution in [-0.4, -0.2) is 28.4 Å². The molecule has 0 aromatic rings. The molecule has 0 fully saturated rings. The fourth-order valence-electron chi connectivity index (χ4n) is 0.656. The second-order valence-electron chi connectivity index (χ2n) is 3.18. The fourth-order valence-corrected chi connectivity index (χ4v) is 3.04. The van der Waals surface area contributed by atoms with Crippen LogP contribution in [0, 0.1) is 0 Å². The van der Waals surface area contributed by atoms with E-state index in [2.05, 4.69) is 0 Å². The van der Waals surface area contributed by atoms with Crippen molar-refractivity contribution >= 4 is 0 Å². The number of alkyl halides is 18. The van der Waals surface area contributed by atoms with Gasteiger partial charge in [0.1, 0.15) is 0 Å². The van der Waals surface area contributed by atoms with Gasteiger partial charge in [0.05, 0.1) is 0 Å². The van der Waals surface area contributed by atoms with Gasteiger partial charge in [-0.15, -0.1) is 0 Å². The van der Waals surface area contributed by atoms with E-state index in [0.29, 0.717) is 0 Å². The van der Waals surface area contributed by atoms with Crippen LogP contribution < -0.4 is 42.4 Å². The van der Waals surface area contributed by atoms with Crippen molar-refractivity contribution in [3.63, 3.8) is 0 Å². The first-order valence-corrected chi connectivity index (χ1v) is 8.62. The number of hydrogen-bond acceptors (Lipinski definition) is 1. The molecule has 17 heteroatoms. The van der Waals surface area contributed by atoms with Gasteiger partial charge in [0.15, 0.2) is 0 Å². The van der Waals surface area contributed by atoms with Crippen molar-refractivity contribution in [2.75, 3.05) is 0 Å². The second-order valence-corrected chi connectivity index (χ2v) is 9.41. The summed E-state index contributed by atoms with van der Waals surface area (Å²) >= 11 is -9.75. The van der Waals surface area contributed by atoms with Gasteiger partial charge in [-0.05, 0) is 0 Å². The average Bonchev–Trinajstić information content (AvgIpc) is 2.05. The standard InChI is InChI=1S/C6F14I2O/c7-1(8,21-5(15,16)17)3(11,12)23-4(13,14)2(9,10)22-6(18,19)20/q-2. The zero-order chi connectivity index (χ0) is 19.1. The van der Waals surface area contributed by atoms with Crippen molar-refractivity contribution in [2.24, 2.45) is 0 Å². The molecular weight excluding hydrogens is 608 g/mol. The Balaban J connectivity index is 5.41. The maximum absolute atomic E-state index is 12.7. The van der Waals surface area contributed by atoms with Gasteiger partial charge in [-0.3, -0.25) is 0 Å². The first kappa shape index (κ1) is 23.4. The van der Waals surface area contributed by atoms with Gasteiger partial charge >= 0.3 is 137 Å². The van der Waals surface area contributed by atoms with E-state index >= 15 is 0 Å². The molecule has 1 nitrogen and oxygen atoms in total. The summed E-state index contributed by atoms with van der Waals surface area (Å²) in [5.41, 5.74) is 0. The van der Waals surface area contributed by atoms with Crippen LogP contribution in [0.1, 0.15) is 0 Å². The van der Waals surface area contributed by atoms with Gasteiger partial charge in [-0.1, -0.05) is 0 Å². The molecule has 0 amide bonds. The zero-order valence-electron chi connectivity index (χ0n) is 9.46. The van der Waals surface area contributed by atoms with Crippen molar-refractivity contribution in [1.29, 1.82) is 0 Å². The summed E-state index contributed by atoms with van der Waals surface area (Å²) in [6.45, 7) is 0. The third-order valence-electron chi connectivity index (χ3n) is 1.37. The number of halogens is 16.